The van der Waals surface area contributed by atoms with Crippen molar-refractivity contribution in [1.82, 2.24) is 0 Å². The lowest BCUT2D eigenvalue weighted by Crippen LogP contribution is -2.03. The zero-order chi connectivity index (χ0) is 11.4. The van der Waals surface area contributed by atoms with Crippen LogP contribution in [0.15, 0.2) is 24.8 Å². The molecule has 1 aromatic carbocycles. The van der Waals surface area contributed by atoms with E-state index in [1.165, 1.54) is 0 Å². The van der Waals surface area contributed by atoms with Gasteiger partial charge in [0.1, 0.15) is 5.69 Å². The van der Waals surface area contributed by atoms with Gasteiger partial charge in [0.05, 0.1) is 4.92 Å². The number of benzene rings is 1. The molecule has 0 spiro atoms. The Morgan fingerprint density at radius 1 is 1.47 bits per heavy atom. The highest BCUT2D eigenvalue weighted by molar-refractivity contribution is 5.64. The highest BCUT2D eigenvalue weighted by Crippen LogP contribution is 2.27. The molecule has 0 aromatic heterocycles. The molecule has 0 heterocycles. The van der Waals surface area contributed by atoms with Crippen LogP contribution in [0.4, 0.5) is 11.4 Å². The lowest BCUT2D eigenvalue weighted by Gasteiger charge is -2.07. The molecule has 0 aliphatic heterocycles. The molecule has 1 rings (SSSR count). The number of nitro benzene ring substituents is 1. The summed E-state index contributed by atoms with van der Waals surface area (Å²) in [4.78, 5) is 10.4. The Labute approximate surface area is 88.8 Å². The van der Waals surface area contributed by atoms with Crippen LogP contribution in [0.5, 0.6) is 0 Å². The van der Waals surface area contributed by atoms with E-state index < -0.39 is 0 Å². The van der Waals surface area contributed by atoms with Crippen molar-refractivity contribution in [2.24, 2.45) is 0 Å². The predicted molar refractivity (Wildman–Crippen MR) is 61.3 cm³/mol. The summed E-state index contributed by atoms with van der Waals surface area (Å²) in [6, 6.07) is 3.37. The van der Waals surface area contributed by atoms with Crippen LogP contribution in [0.25, 0.3) is 0 Å². The fourth-order valence-electron chi connectivity index (χ4n) is 1.28. The molecule has 0 aliphatic rings. The molecule has 4 heteroatoms. The van der Waals surface area contributed by atoms with Crippen LogP contribution >= 0.6 is 0 Å². The maximum Gasteiger partial charge on any atom is 0.292 e. The molecule has 0 saturated carbocycles. The first-order valence-electron chi connectivity index (χ1n) is 4.66. The second-order valence-corrected chi connectivity index (χ2v) is 3.38. The summed E-state index contributed by atoms with van der Waals surface area (Å²) in [6.45, 7) is 7.86. The smallest absolute Gasteiger partial charge is 0.292 e. The molecule has 0 atom stereocenters. The minimum Gasteiger partial charge on any atom is -0.376 e. The van der Waals surface area contributed by atoms with Crippen LogP contribution in [0.1, 0.15) is 11.1 Å². The Kier molecular flexibility index (Phi) is 3.44. The zero-order valence-corrected chi connectivity index (χ0v) is 8.91. The quantitative estimate of drug-likeness (QED) is 0.468. The Balaban J connectivity index is 3.15. The monoisotopic (exact) mass is 206 g/mol. The van der Waals surface area contributed by atoms with Gasteiger partial charge in [-0.2, -0.15) is 0 Å². The van der Waals surface area contributed by atoms with Crippen molar-refractivity contribution in [2.45, 2.75) is 13.8 Å². The number of rotatable bonds is 4. The number of hydrogen-bond acceptors (Lipinski definition) is 3. The highest BCUT2D eigenvalue weighted by Gasteiger charge is 2.14. The van der Waals surface area contributed by atoms with Gasteiger partial charge in [0.2, 0.25) is 0 Å². The average molecular weight is 206 g/mol. The maximum absolute atomic E-state index is 10.8. The number of nitro groups is 1. The van der Waals surface area contributed by atoms with Crippen molar-refractivity contribution in [3.05, 3.63) is 46.0 Å². The van der Waals surface area contributed by atoms with Gasteiger partial charge < -0.3 is 5.32 Å². The average Bonchev–Trinajstić information content (AvgIpc) is 2.19. The van der Waals surface area contributed by atoms with Gasteiger partial charge in [0.25, 0.3) is 5.69 Å². The number of aryl methyl sites for hydroxylation is 2. The predicted octanol–water partition coefficient (Wildman–Crippen LogP) is 2.81. The van der Waals surface area contributed by atoms with Crippen LogP contribution in [0.2, 0.25) is 0 Å². The normalized spacial score (nSPS) is 9.73. The van der Waals surface area contributed by atoms with Crippen LogP contribution in [-0.2, 0) is 0 Å². The fourth-order valence-corrected chi connectivity index (χ4v) is 1.28. The third-order valence-electron chi connectivity index (χ3n) is 2.25. The van der Waals surface area contributed by atoms with E-state index in [9.17, 15) is 10.1 Å². The van der Waals surface area contributed by atoms with Gasteiger partial charge >= 0.3 is 0 Å². The molecule has 0 bridgehead atoms. The molecule has 0 amide bonds. The van der Waals surface area contributed by atoms with E-state index in [4.69, 9.17) is 0 Å². The summed E-state index contributed by atoms with van der Waals surface area (Å²) in [5.74, 6) is 0. The summed E-state index contributed by atoms with van der Waals surface area (Å²) < 4.78 is 0. The lowest BCUT2D eigenvalue weighted by molar-refractivity contribution is -0.384. The first kappa shape index (κ1) is 11.2. The van der Waals surface area contributed by atoms with E-state index >= 15 is 0 Å². The molecule has 1 N–H and O–H groups in total. The summed E-state index contributed by atoms with van der Waals surface area (Å²) >= 11 is 0. The van der Waals surface area contributed by atoms with E-state index in [-0.39, 0.29) is 10.6 Å². The van der Waals surface area contributed by atoms with Gasteiger partial charge in [-0.1, -0.05) is 6.08 Å². The molecule has 0 radical (unpaired) electrons. The van der Waals surface area contributed by atoms with Gasteiger partial charge in [-0.05, 0) is 31.0 Å². The standard InChI is InChI=1S/C11H14N2O2/c1-4-5-12-10-6-8(2)9(3)7-11(10)13(14)15/h4,6-7,12H,1,5H2,2-3H3. The Morgan fingerprint density at radius 3 is 2.60 bits per heavy atom. The summed E-state index contributed by atoms with van der Waals surface area (Å²) in [5, 5.41) is 13.7. The van der Waals surface area contributed by atoms with Crippen LogP contribution < -0.4 is 5.32 Å². The van der Waals surface area contributed by atoms with Crippen molar-refractivity contribution in [3.8, 4) is 0 Å². The second kappa shape index (κ2) is 4.59. The van der Waals surface area contributed by atoms with E-state index in [1.807, 2.05) is 13.8 Å². The van der Waals surface area contributed by atoms with Gasteiger partial charge in [0, 0.05) is 12.6 Å². The molecule has 0 aliphatic carbocycles. The van der Waals surface area contributed by atoms with Crippen molar-refractivity contribution in [2.75, 3.05) is 11.9 Å². The number of anilines is 1. The van der Waals surface area contributed by atoms with Crippen molar-refractivity contribution < 1.29 is 4.92 Å². The first-order chi connectivity index (χ1) is 7.06. The fraction of sp³-hybridized carbons (Fsp3) is 0.273. The van der Waals surface area contributed by atoms with Gasteiger partial charge in [-0.3, -0.25) is 10.1 Å². The van der Waals surface area contributed by atoms with E-state index in [1.54, 1.807) is 18.2 Å². The first-order valence-corrected chi connectivity index (χ1v) is 4.66. The van der Waals surface area contributed by atoms with Gasteiger partial charge in [-0.25, -0.2) is 0 Å². The van der Waals surface area contributed by atoms with Crippen LogP contribution in [0.3, 0.4) is 0 Å². The van der Waals surface area contributed by atoms with E-state index in [2.05, 4.69) is 11.9 Å². The number of nitrogens with one attached hydrogen (secondary N) is 1. The van der Waals surface area contributed by atoms with Crippen LogP contribution in [-0.4, -0.2) is 11.5 Å². The SMILES string of the molecule is C=CCNc1cc(C)c(C)cc1[N+](=O)[O-]. The van der Waals surface area contributed by atoms with Crippen LogP contribution in [0, 0.1) is 24.0 Å². The van der Waals surface area contributed by atoms with E-state index in [0.29, 0.717) is 12.2 Å². The van der Waals surface area contributed by atoms with Crippen molar-refractivity contribution >= 4 is 11.4 Å². The topological polar surface area (TPSA) is 55.2 Å². The molecule has 15 heavy (non-hydrogen) atoms. The molecule has 1 aromatic rings. The molecular formula is C11H14N2O2. The largest absolute Gasteiger partial charge is 0.376 e. The van der Waals surface area contributed by atoms with Gasteiger partial charge in [0.15, 0.2) is 0 Å². The minimum absolute atomic E-state index is 0.111. The van der Waals surface area contributed by atoms with Crippen molar-refractivity contribution in [1.29, 1.82) is 0 Å². The summed E-state index contributed by atoms with van der Waals surface area (Å²) in [7, 11) is 0. The molecule has 0 unspecified atom stereocenters. The number of hydrogen-bond donors (Lipinski definition) is 1. The summed E-state index contributed by atoms with van der Waals surface area (Å²) in [5.41, 5.74) is 2.61. The zero-order valence-electron chi connectivity index (χ0n) is 8.91. The third-order valence-corrected chi connectivity index (χ3v) is 2.25. The second-order valence-electron chi connectivity index (χ2n) is 3.38. The Hall–Kier alpha value is -1.84. The minimum atomic E-state index is -0.377. The third kappa shape index (κ3) is 2.56. The maximum atomic E-state index is 10.8. The molecule has 0 fully saturated rings. The Morgan fingerprint density at radius 2 is 2.07 bits per heavy atom. The molecule has 4 nitrogen and oxygen atoms in total. The molecular weight excluding hydrogens is 192 g/mol. The summed E-state index contributed by atoms with van der Waals surface area (Å²) in [6.07, 6.45) is 1.67. The van der Waals surface area contributed by atoms with E-state index in [0.717, 1.165) is 11.1 Å². The highest BCUT2D eigenvalue weighted by atomic mass is 16.6. The van der Waals surface area contributed by atoms with Gasteiger partial charge in [-0.15, -0.1) is 6.58 Å². The molecule has 0 saturated heterocycles. The Bertz CT molecular complexity index is 400. The molecule has 80 valence electrons. The van der Waals surface area contributed by atoms with Crippen molar-refractivity contribution in [3.63, 3.8) is 0 Å². The lowest BCUT2D eigenvalue weighted by atomic mass is 10.1. The number of nitrogens with zero attached hydrogens (tertiary/aromatic N) is 1.